The fraction of sp³-hybridized carbons (Fsp3) is 0.444. The number of rotatable bonds is 12. The highest BCUT2D eigenvalue weighted by atomic mass is 16.5. The van der Waals surface area contributed by atoms with Crippen LogP contribution < -0.4 is 30.3 Å². The lowest BCUT2D eigenvalue weighted by atomic mass is 9.95. The molecule has 11 nitrogen and oxygen atoms in total. The van der Waals surface area contributed by atoms with Crippen LogP contribution in [0.15, 0.2) is 53.5 Å². The lowest BCUT2D eigenvalue weighted by Gasteiger charge is -2.34. The summed E-state index contributed by atoms with van der Waals surface area (Å²) in [6.45, 7) is 6.03. The van der Waals surface area contributed by atoms with E-state index >= 15 is 0 Å². The van der Waals surface area contributed by atoms with Crippen molar-refractivity contribution >= 4 is 17.5 Å². The van der Waals surface area contributed by atoms with Crippen LogP contribution in [-0.2, 0) is 22.4 Å². The molecule has 1 fully saturated rings. The van der Waals surface area contributed by atoms with E-state index in [1.165, 1.54) is 6.92 Å². The Bertz CT molecular complexity index is 1620. The first-order chi connectivity index (χ1) is 22.8. The zero-order chi connectivity index (χ0) is 33.3. The van der Waals surface area contributed by atoms with Gasteiger partial charge in [0.1, 0.15) is 0 Å². The second kappa shape index (κ2) is 15.8. The number of methoxy groups -OCH3 is 3. The lowest BCUT2D eigenvalue weighted by Crippen LogP contribution is -2.49. The molecule has 1 atom stereocenters. The van der Waals surface area contributed by atoms with Gasteiger partial charge in [-0.3, -0.25) is 24.3 Å². The van der Waals surface area contributed by atoms with Crippen LogP contribution in [0.2, 0.25) is 0 Å². The maximum atomic E-state index is 13.5. The average Bonchev–Trinajstić information content (AvgIpc) is 3.33. The van der Waals surface area contributed by atoms with Gasteiger partial charge in [0, 0.05) is 76.5 Å². The first kappa shape index (κ1) is 33.7. The van der Waals surface area contributed by atoms with Gasteiger partial charge in [-0.2, -0.15) is 0 Å². The molecule has 1 aromatic heterocycles. The van der Waals surface area contributed by atoms with E-state index in [1.54, 1.807) is 33.5 Å². The first-order valence-corrected chi connectivity index (χ1v) is 16.2. The number of nitrogens with one attached hydrogen (secondary N) is 2. The SMILES string of the molecule is COc1cc2c(c(OC)c1OC)-c1ccc(NCCCC(=O)N3CCN(CCc4ccccn4)CC3)c(=O)cc1C(NC(C)=O)CC2. The maximum Gasteiger partial charge on any atom is 0.222 e. The van der Waals surface area contributed by atoms with Gasteiger partial charge in [0.15, 0.2) is 11.5 Å². The van der Waals surface area contributed by atoms with E-state index in [2.05, 4.69) is 20.5 Å². The van der Waals surface area contributed by atoms with Crippen molar-refractivity contribution in [2.45, 2.75) is 45.1 Å². The number of carbonyl (C=O) groups excluding carboxylic acids is 2. The van der Waals surface area contributed by atoms with Crippen LogP contribution in [-0.4, -0.2) is 87.2 Å². The van der Waals surface area contributed by atoms with Crippen LogP contribution in [0.5, 0.6) is 17.2 Å². The van der Waals surface area contributed by atoms with Crippen molar-refractivity contribution < 1.29 is 23.8 Å². The van der Waals surface area contributed by atoms with Crippen molar-refractivity contribution in [3.63, 3.8) is 0 Å². The smallest absolute Gasteiger partial charge is 0.222 e. The Kier molecular flexibility index (Phi) is 11.3. The van der Waals surface area contributed by atoms with Crippen molar-refractivity contribution in [2.24, 2.45) is 0 Å². The zero-order valence-corrected chi connectivity index (χ0v) is 27.8. The van der Waals surface area contributed by atoms with Crippen LogP contribution in [0.25, 0.3) is 11.1 Å². The zero-order valence-electron chi connectivity index (χ0n) is 27.8. The third kappa shape index (κ3) is 8.02. The van der Waals surface area contributed by atoms with E-state index in [0.717, 1.165) is 61.5 Å². The van der Waals surface area contributed by atoms with Gasteiger partial charge in [0.25, 0.3) is 0 Å². The molecule has 47 heavy (non-hydrogen) atoms. The summed E-state index contributed by atoms with van der Waals surface area (Å²) < 4.78 is 17.1. The van der Waals surface area contributed by atoms with Gasteiger partial charge in [-0.15, -0.1) is 0 Å². The van der Waals surface area contributed by atoms with E-state index in [4.69, 9.17) is 14.2 Å². The summed E-state index contributed by atoms with van der Waals surface area (Å²) in [6, 6.07) is 12.8. The molecule has 2 amide bonds. The Morgan fingerprint density at radius 1 is 0.979 bits per heavy atom. The van der Waals surface area contributed by atoms with Crippen molar-refractivity contribution in [1.82, 2.24) is 20.1 Å². The van der Waals surface area contributed by atoms with E-state index in [9.17, 15) is 14.4 Å². The van der Waals surface area contributed by atoms with Gasteiger partial charge in [-0.05, 0) is 66.3 Å². The number of nitrogens with zero attached hydrogens (tertiary/aromatic N) is 3. The molecule has 0 spiro atoms. The topological polar surface area (TPSA) is 122 Å². The number of benzene rings is 1. The van der Waals surface area contributed by atoms with E-state index in [1.807, 2.05) is 41.4 Å². The Labute approximate surface area is 276 Å². The third-order valence-corrected chi connectivity index (χ3v) is 8.93. The Hall–Kier alpha value is -4.64. The molecule has 1 aliphatic heterocycles. The van der Waals surface area contributed by atoms with Gasteiger partial charge in [-0.1, -0.05) is 12.1 Å². The van der Waals surface area contributed by atoms with Crippen LogP contribution in [0.4, 0.5) is 5.69 Å². The maximum absolute atomic E-state index is 13.5. The van der Waals surface area contributed by atoms with Gasteiger partial charge in [0.2, 0.25) is 23.0 Å². The second-order valence-electron chi connectivity index (χ2n) is 11.9. The molecule has 2 N–H and O–H groups in total. The monoisotopic (exact) mass is 643 g/mol. The van der Waals surface area contributed by atoms with Gasteiger partial charge < -0.3 is 29.7 Å². The molecular formula is C36H45N5O6. The fourth-order valence-electron chi connectivity index (χ4n) is 6.51. The predicted molar refractivity (Wildman–Crippen MR) is 181 cm³/mol. The number of aryl methyl sites for hydroxylation is 1. The minimum atomic E-state index is -0.377. The average molecular weight is 644 g/mol. The normalized spacial score (nSPS) is 15.9. The number of ether oxygens (including phenoxy) is 3. The molecule has 11 heteroatoms. The highest BCUT2D eigenvalue weighted by molar-refractivity contribution is 5.84. The summed E-state index contributed by atoms with van der Waals surface area (Å²) in [7, 11) is 4.71. The molecular weight excluding hydrogens is 598 g/mol. The number of hydrogen-bond donors (Lipinski definition) is 2. The summed E-state index contributed by atoms with van der Waals surface area (Å²) in [5, 5.41) is 6.29. The minimum absolute atomic E-state index is 0.134. The molecule has 1 saturated heterocycles. The van der Waals surface area contributed by atoms with Crippen LogP contribution >= 0.6 is 0 Å². The largest absolute Gasteiger partial charge is 0.493 e. The lowest BCUT2D eigenvalue weighted by molar-refractivity contribution is -0.133. The molecule has 2 aliphatic rings. The van der Waals surface area contributed by atoms with E-state index < -0.39 is 0 Å². The number of hydrogen-bond acceptors (Lipinski definition) is 9. The number of amides is 2. The highest BCUT2D eigenvalue weighted by Crippen LogP contribution is 2.50. The Balaban J connectivity index is 1.26. The third-order valence-electron chi connectivity index (χ3n) is 8.93. The summed E-state index contributed by atoms with van der Waals surface area (Å²) >= 11 is 0. The molecule has 0 radical (unpaired) electrons. The molecule has 2 heterocycles. The molecule has 0 saturated carbocycles. The number of pyridine rings is 1. The quantitative estimate of drug-likeness (QED) is 0.284. The number of aromatic nitrogens is 1. The standard InChI is InChI=1S/C36H45N5O6/c1-24(42)39-29-12-10-25-22-32(45-2)35(46-3)36(47-4)34(25)27-11-13-30(31(43)23-28(27)29)38-16-7-9-33(44)41-20-18-40(19-21-41)17-14-26-8-5-6-15-37-26/h5-6,8,11,13,15,22-23,29H,7,9-10,12,14,16-21H2,1-4H3,(H,38,43)(H,39,42). The summed E-state index contributed by atoms with van der Waals surface area (Å²) in [5.41, 5.74) is 4.56. The number of anilines is 1. The molecule has 5 rings (SSSR count). The minimum Gasteiger partial charge on any atom is -0.493 e. The second-order valence-corrected chi connectivity index (χ2v) is 11.9. The summed E-state index contributed by atoms with van der Waals surface area (Å²) in [4.78, 5) is 47.4. The van der Waals surface area contributed by atoms with Crippen LogP contribution in [0.1, 0.15) is 49.0 Å². The van der Waals surface area contributed by atoms with Crippen molar-refractivity contribution in [1.29, 1.82) is 0 Å². The van der Waals surface area contributed by atoms with Crippen molar-refractivity contribution in [3.8, 4) is 28.4 Å². The first-order valence-electron chi connectivity index (χ1n) is 16.2. The Morgan fingerprint density at radius 2 is 1.77 bits per heavy atom. The van der Waals surface area contributed by atoms with E-state index in [-0.39, 0.29) is 23.3 Å². The summed E-state index contributed by atoms with van der Waals surface area (Å²) in [5.74, 6) is 1.47. The van der Waals surface area contributed by atoms with Crippen LogP contribution in [0.3, 0.4) is 0 Å². The van der Waals surface area contributed by atoms with Crippen molar-refractivity contribution in [2.75, 3.05) is 65.9 Å². The number of fused-ring (bicyclic) bond motifs is 3. The fourth-order valence-corrected chi connectivity index (χ4v) is 6.51. The highest BCUT2D eigenvalue weighted by Gasteiger charge is 2.29. The number of piperazine rings is 1. The van der Waals surface area contributed by atoms with Crippen molar-refractivity contribution in [3.05, 3.63) is 75.7 Å². The molecule has 250 valence electrons. The van der Waals surface area contributed by atoms with Crippen LogP contribution in [0, 0.1) is 0 Å². The number of carbonyl (C=O) groups is 2. The van der Waals surface area contributed by atoms with E-state index in [0.29, 0.717) is 60.7 Å². The van der Waals surface area contributed by atoms with Gasteiger partial charge >= 0.3 is 0 Å². The summed E-state index contributed by atoms with van der Waals surface area (Å²) in [6.07, 6.45) is 4.94. The molecule has 3 aromatic rings. The van der Waals surface area contributed by atoms with Gasteiger partial charge in [-0.25, -0.2) is 0 Å². The predicted octanol–water partition coefficient (Wildman–Crippen LogP) is 3.84. The Morgan fingerprint density at radius 3 is 2.45 bits per heavy atom. The molecule has 0 bridgehead atoms. The van der Waals surface area contributed by atoms with Gasteiger partial charge in [0.05, 0.1) is 33.1 Å². The molecule has 1 aliphatic carbocycles. The molecule has 2 aromatic carbocycles. The molecule has 1 unspecified atom stereocenters.